The Kier molecular flexibility index (Phi) is 5.63. The standard InChI is InChI=1S/C17H22F2N2O3/c18-17(19)24-15-4-2-1-3-12(15)9-16(22)20-10-14-11-21(7-8-23-14)13-5-6-13/h1-4,13-14,17H,5-11H2,(H,20,22). The van der Waals surface area contributed by atoms with E-state index in [9.17, 15) is 13.6 Å². The molecule has 0 spiro atoms. The zero-order chi connectivity index (χ0) is 16.9. The smallest absolute Gasteiger partial charge is 0.387 e. The summed E-state index contributed by atoms with van der Waals surface area (Å²) < 4.78 is 34.9. The molecular weight excluding hydrogens is 318 g/mol. The van der Waals surface area contributed by atoms with Crippen molar-refractivity contribution in [2.24, 2.45) is 0 Å². The lowest BCUT2D eigenvalue weighted by Gasteiger charge is -2.33. The molecule has 1 saturated heterocycles. The van der Waals surface area contributed by atoms with E-state index in [1.807, 2.05) is 0 Å². The van der Waals surface area contributed by atoms with Crippen LogP contribution < -0.4 is 10.1 Å². The molecule has 132 valence electrons. The van der Waals surface area contributed by atoms with Gasteiger partial charge in [-0.25, -0.2) is 0 Å². The quantitative estimate of drug-likeness (QED) is 0.823. The van der Waals surface area contributed by atoms with Crippen LogP contribution in [0.15, 0.2) is 24.3 Å². The highest BCUT2D eigenvalue weighted by molar-refractivity contribution is 5.79. The molecule has 1 aliphatic heterocycles. The van der Waals surface area contributed by atoms with Crippen molar-refractivity contribution in [1.82, 2.24) is 10.2 Å². The molecule has 1 aromatic rings. The highest BCUT2D eigenvalue weighted by Crippen LogP contribution is 2.28. The van der Waals surface area contributed by atoms with E-state index in [1.54, 1.807) is 18.2 Å². The van der Waals surface area contributed by atoms with Crippen molar-refractivity contribution in [3.05, 3.63) is 29.8 Å². The average Bonchev–Trinajstić information content (AvgIpc) is 3.40. The molecule has 1 amide bonds. The summed E-state index contributed by atoms with van der Waals surface area (Å²) in [4.78, 5) is 14.5. The number of morpholine rings is 1. The monoisotopic (exact) mass is 340 g/mol. The fraction of sp³-hybridized carbons (Fsp3) is 0.588. The molecule has 0 aromatic heterocycles. The molecular formula is C17H22F2N2O3. The maximum Gasteiger partial charge on any atom is 0.387 e. The van der Waals surface area contributed by atoms with E-state index in [2.05, 4.69) is 15.0 Å². The van der Waals surface area contributed by atoms with Gasteiger partial charge in [0.2, 0.25) is 5.91 Å². The predicted molar refractivity (Wildman–Crippen MR) is 84.1 cm³/mol. The van der Waals surface area contributed by atoms with Gasteiger partial charge in [-0.3, -0.25) is 9.69 Å². The number of hydrogen-bond acceptors (Lipinski definition) is 4. The number of carbonyl (C=O) groups excluding carboxylic acids is 1. The Morgan fingerprint density at radius 1 is 1.38 bits per heavy atom. The SMILES string of the molecule is O=C(Cc1ccccc1OC(F)F)NCC1CN(C2CC2)CCO1. The van der Waals surface area contributed by atoms with Gasteiger partial charge in [-0.1, -0.05) is 18.2 Å². The normalized spacial score (nSPS) is 21.7. The highest BCUT2D eigenvalue weighted by atomic mass is 19.3. The summed E-state index contributed by atoms with van der Waals surface area (Å²) in [5, 5.41) is 2.83. The van der Waals surface area contributed by atoms with Crippen molar-refractivity contribution in [3.63, 3.8) is 0 Å². The molecule has 1 aromatic carbocycles. The van der Waals surface area contributed by atoms with Crippen molar-refractivity contribution >= 4 is 5.91 Å². The van der Waals surface area contributed by atoms with Gasteiger partial charge in [0.25, 0.3) is 0 Å². The van der Waals surface area contributed by atoms with Gasteiger partial charge in [0, 0.05) is 31.2 Å². The van der Waals surface area contributed by atoms with Gasteiger partial charge in [0.15, 0.2) is 0 Å². The van der Waals surface area contributed by atoms with Gasteiger partial charge in [-0.15, -0.1) is 0 Å². The van der Waals surface area contributed by atoms with Crippen LogP contribution in [0.25, 0.3) is 0 Å². The van der Waals surface area contributed by atoms with Crippen LogP contribution in [0.2, 0.25) is 0 Å². The van der Waals surface area contributed by atoms with Gasteiger partial charge < -0.3 is 14.8 Å². The number of amides is 1. The Morgan fingerprint density at radius 2 is 2.17 bits per heavy atom. The van der Waals surface area contributed by atoms with Gasteiger partial charge in [0.1, 0.15) is 5.75 Å². The van der Waals surface area contributed by atoms with E-state index in [-0.39, 0.29) is 24.2 Å². The minimum atomic E-state index is -2.90. The number of benzene rings is 1. The van der Waals surface area contributed by atoms with E-state index in [0.29, 0.717) is 24.8 Å². The first-order chi connectivity index (χ1) is 11.6. The molecule has 1 aliphatic carbocycles. The van der Waals surface area contributed by atoms with Crippen LogP contribution in [0.5, 0.6) is 5.75 Å². The van der Waals surface area contributed by atoms with Crippen molar-refractivity contribution in [1.29, 1.82) is 0 Å². The second-order valence-electron chi connectivity index (χ2n) is 6.19. The summed E-state index contributed by atoms with van der Waals surface area (Å²) in [5.41, 5.74) is 0.444. The second kappa shape index (κ2) is 7.90. The second-order valence-corrected chi connectivity index (χ2v) is 6.19. The fourth-order valence-corrected chi connectivity index (χ4v) is 2.96. The first-order valence-electron chi connectivity index (χ1n) is 8.27. The molecule has 1 heterocycles. The van der Waals surface area contributed by atoms with E-state index < -0.39 is 6.61 Å². The van der Waals surface area contributed by atoms with Crippen LogP contribution in [0, 0.1) is 0 Å². The molecule has 1 N–H and O–H groups in total. The molecule has 1 saturated carbocycles. The summed E-state index contributed by atoms with van der Waals surface area (Å²) in [7, 11) is 0. The number of hydrogen-bond donors (Lipinski definition) is 1. The van der Waals surface area contributed by atoms with Crippen LogP contribution in [0.3, 0.4) is 0 Å². The number of para-hydroxylation sites is 1. The largest absolute Gasteiger partial charge is 0.435 e. The molecule has 3 rings (SSSR count). The summed E-state index contributed by atoms with van der Waals surface area (Å²) in [6.07, 6.45) is 2.48. The van der Waals surface area contributed by atoms with Crippen LogP contribution >= 0.6 is 0 Å². The number of alkyl halides is 2. The zero-order valence-corrected chi connectivity index (χ0v) is 13.4. The Labute approximate surface area is 139 Å². The Bertz CT molecular complexity index is 567. The van der Waals surface area contributed by atoms with Gasteiger partial charge in [-0.05, 0) is 18.9 Å². The summed E-state index contributed by atoms with van der Waals surface area (Å²) in [5.74, 6) is -0.191. The van der Waals surface area contributed by atoms with Crippen molar-refractivity contribution in [2.45, 2.75) is 38.0 Å². The number of nitrogens with zero attached hydrogens (tertiary/aromatic N) is 1. The number of carbonyl (C=O) groups is 1. The maximum atomic E-state index is 12.4. The van der Waals surface area contributed by atoms with Gasteiger partial charge in [-0.2, -0.15) is 8.78 Å². The number of nitrogens with one attached hydrogen (secondary N) is 1. The topological polar surface area (TPSA) is 50.8 Å². The summed E-state index contributed by atoms with van der Waals surface area (Å²) >= 11 is 0. The van der Waals surface area contributed by atoms with E-state index in [4.69, 9.17) is 4.74 Å². The lowest BCUT2D eigenvalue weighted by Crippen LogP contribution is -2.48. The van der Waals surface area contributed by atoms with Crippen LogP contribution in [-0.4, -0.2) is 55.8 Å². The molecule has 0 bridgehead atoms. The van der Waals surface area contributed by atoms with Crippen LogP contribution in [0.1, 0.15) is 18.4 Å². The zero-order valence-electron chi connectivity index (χ0n) is 13.4. The first kappa shape index (κ1) is 17.1. The predicted octanol–water partition coefficient (Wildman–Crippen LogP) is 1.81. The van der Waals surface area contributed by atoms with E-state index in [1.165, 1.54) is 18.9 Å². The lowest BCUT2D eigenvalue weighted by atomic mass is 10.1. The van der Waals surface area contributed by atoms with Crippen molar-refractivity contribution in [2.75, 3.05) is 26.2 Å². The summed E-state index contributed by atoms with van der Waals surface area (Å²) in [6.45, 7) is -0.0100. The van der Waals surface area contributed by atoms with Gasteiger partial charge in [0.05, 0.1) is 19.1 Å². The maximum absolute atomic E-state index is 12.4. The molecule has 24 heavy (non-hydrogen) atoms. The molecule has 7 heteroatoms. The third kappa shape index (κ3) is 4.88. The Hall–Kier alpha value is -1.73. The molecule has 1 unspecified atom stereocenters. The lowest BCUT2D eigenvalue weighted by molar-refractivity contribution is -0.121. The third-order valence-corrected chi connectivity index (χ3v) is 4.30. The fourth-order valence-electron chi connectivity index (χ4n) is 2.96. The molecule has 2 aliphatic rings. The number of rotatable bonds is 7. The van der Waals surface area contributed by atoms with Crippen LogP contribution in [-0.2, 0) is 16.0 Å². The van der Waals surface area contributed by atoms with Gasteiger partial charge >= 0.3 is 6.61 Å². The minimum Gasteiger partial charge on any atom is -0.435 e. The Balaban J connectivity index is 1.47. The number of halogens is 2. The highest BCUT2D eigenvalue weighted by Gasteiger charge is 2.32. The summed E-state index contributed by atoms with van der Waals surface area (Å²) in [6, 6.07) is 7.03. The third-order valence-electron chi connectivity index (χ3n) is 4.30. The first-order valence-corrected chi connectivity index (χ1v) is 8.27. The van der Waals surface area contributed by atoms with E-state index in [0.717, 1.165) is 13.1 Å². The molecule has 1 atom stereocenters. The minimum absolute atomic E-state index is 0.00194. The van der Waals surface area contributed by atoms with E-state index >= 15 is 0 Å². The molecule has 0 radical (unpaired) electrons. The molecule has 5 nitrogen and oxygen atoms in total. The Morgan fingerprint density at radius 3 is 2.92 bits per heavy atom. The van der Waals surface area contributed by atoms with Crippen molar-refractivity contribution in [3.8, 4) is 5.75 Å². The van der Waals surface area contributed by atoms with Crippen molar-refractivity contribution < 1.29 is 23.0 Å². The molecule has 2 fully saturated rings. The number of ether oxygens (including phenoxy) is 2. The van der Waals surface area contributed by atoms with Crippen LogP contribution in [0.4, 0.5) is 8.78 Å². The average molecular weight is 340 g/mol.